The molecule has 0 spiro atoms. The maximum atomic E-state index is 11.8. The summed E-state index contributed by atoms with van der Waals surface area (Å²) in [7, 11) is 0. The molecule has 1 aromatic carbocycles. The highest BCUT2D eigenvalue weighted by molar-refractivity contribution is 5.77. The van der Waals surface area contributed by atoms with Crippen molar-refractivity contribution in [2.45, 2.75) is 101 Å². The smallest absolute Gasteiger partial charge is 0.336 e. The van der Waals surface area contributed by atoms with Crippen LogP contribution >= 0.6 is 0 Å². The Labute approximate surface area is 283 Å². The van der Waals surface area contributed by atoms with E-state index in [4.69, 9.17) is 28.1 Å². The lowest BCUT2D eigenvalue weighted by molar-refractivity contribution is -0.346. The molecule has 0 unspecified atom stereocenters. The third kappa shape index (κ3) is 6.46. The number of ether oxygens (including phenoxy) is 5. The molecule has 0 radical (unpaired) electrons. The number of fused-ring (bicyclic) bond motifs is 2. The molecule has 2 saturated heterocycles. The van der Waals surface area contributed by atoms with Crippen molar-refractivity contribution in [3.8, 4) is 5.75 Å². The van der Waals surface area contributed by atoms with Gasteiger partial charge in [0.2, 0.25) is 0 Å². The molecule has 2 saturated carbocycles. The summed E-state index contributed by atoms with van der Waals surface area (Å²) in [5, 5.41) is 74.8. The molecule has 49 heavy (non-hydrogen) atoms. The van der Waals surface area contributed by atoms with Crippen molar-refractivity contribution in [2.75, 3.05) is 26.4 Å². The molecule has 2 aliphatic heterocycles. The zero-order chi connectivity index (χ0) is 35.5. The summed E-state index contributed by atoms with van der Waals surface area (Å²) in [4.78, 5) is 11.8. The maximum absolute atomic E-state index is 11.8. The first-order valence-electron chi connectivity index (χ1n) is 16.7. The number of benzene rings is 1. The molecule has 0 amide bonds. The van der Waals surface area contributed by atoms with E-state index in [0.717, 1.165) is 11.0 Å². The Morgan fingerprint density at radius 3 is 2.43 bits per heavy atom. The maximum Gasteiger partial charge on any atom is 0.336 e. The molecule has 4 fully saturated rings. The van der Waals surface area contributed by atoms with E-state index < -0.39 is 97.2 Å². The van der Waals surface area contributed by atoms with Gasteiger partial charge in [0, 0.05) is 23.4 Å². The van der Waals surface area contributed by atoms with Gasteiger partial charge >= 0.3 is 5.63 Å². The minimum atomic E-state index is -1.98. The van der Waals surface area contributed by atoms with Crippen LogP contribution in [0.5, 0.6) is 5.75 Å². The van der Waals surface area contributed by atoms with Gasteiger partial charge in [0.05, 0.1) is 38.6 Å². The molecule has 13 atom stereocenters. The molecule has 3 heterocycles. The molecule has 14 heteroatoms. The first-order chi connectivity index (χ1) is 23.1. The van der Waals surface area contributed by atoms with E-state index in [1.54, 1.807) is 12.1 Å². The van der Waals surface area contributed by atoms with Crippen LogP contribution in [0.4, 0.5) is 0 Å². The SMILES string of the molecule is C=C1C[C@@H](O[C@@H]2O[C@H](CO)[C@@H](O[C@@H]3OC[C@](O)(CO)[C@H]3O)[C@H](O)[C@H]2O)[C@H]2C(C)(C)[C@H](O)CC[C@@]2(C)[C@@H]1COc1ccc2ccc(=O)oc2c1. The fraction of sp³-hybridized carbons (Fsp3) is 0.686. The van der Waals surface area contributed by atoms with Crippen LogP contribution < -0.4 is 10.4 Å². The largest absolute Gasteiger partial charge is 0.493 e. The summed E-state index contributed by atoms with van der Waals surface area (Å²) in [6.07, 6.45) is -10.3. The van der Waals surface area contributed by atoms with Gasteiger partial charge in [-0.05, 0) is 54.2 Å². The van der Waals surface area contributed by atoms with Crippen LogP contribution in [0.15, 0.2) is 51.7 Å². The lowest BCUT2D eigenvalue weighted by Gasteiger charge is -2.61. The highest BCUT2D eigenvalue weighted by atomic mass is 16.7. The van der Waals surface area contributed by atoms with E-state index in [1.165, 1.54) is 6.07 Å². The molecule has 0 bridgehead atoms. The molecular formula is C35H48O14. The number of aliphatic hydroxyl groups excluding tert-OH is 6. The number of rotatable bonds is 9. The minimum Gasteiger partial charge on any atom is -0.493 e. The van der Waals surface area contributed by atoms with Gasteiger partial charge in [0.25, 0.3) is 0 Å². The van der Waals surface area contributed by atoms with E-state index in [2.05, 4.69) is 13.5 Å². The Morgan fingerprint density at radius 2 is 1.73 bits per heavy atom. The normalized spacial score (nSPS) is 42.2. The molecule has 2 aromatic rings. The third-order valence-corrected chi connectivity index (χ3v) is 11.5. The Balaban J connectivity index is 1.20. The summed E-state index contributed by atoms with van der Waals surface area (Å²) in [5.74, 6) is 0.0632. The average molecular weight is 693 g/mol. The summed E-state index contributed by atoms with van der Waals surface area (Å²) in [6.45, 7) is 8.85. The summed E-state index contributed by atoms with van der Waals surface area (Å²) >= 11 is 0. The lowest BCUT2D eigenvalue weighted by Crippen LogP contribution is -2.65. The molecule has 4 aliphatic rings. The van der Waals surface area contributed by atoms with Crippen LogP contribution in [-0.2, 0) is 18.9 Å². The summed E-state index contributed by atoms with van der Waals surface area (Å²) in [5.41, 5.74) is -2.35. The Bertz CT molecular complexity index is 1560. The van der Waals surface area contributed by atoms with E-state index in [-0.39, 0.29) is 18.4 Å². The van der Waals surface area contributed by atoms with Crippen molar-refractivity contribution >= 4 is 11.0 Å². The number of aliphatic hydroxyl groups is 7. The average Bonchev–Trinajstić information content (AvgIpc) is 3.34. The Morgan fingerprint density at radius 1 is 1.00 bits per heavy atom. The topological polar surface area (TPSA) is 218 Å². The molecule has 2 aliphatic carbocycles. The van der Waals surface area contributed by atoms with Gasteiger partial charge in [0.1, 0.15) is 47.5 Å². The monoisotopic (exact) mass is 692 g/mol. The quantitative estimate of drug-likeness (QED) is 0.138. The van der Waals surface area contributed by atoms with Crippen molar-refractivity contribution in [3.63, 3.8) is 0 Å². The molecule has 272 valence electrons. The highest BCUT2D eigenvalue weighted by Crippen LogP contribution is 2.61. The van der Waals surface area contributed by atoms with Gasteiger partial charge in [-0.1, -0.05) is 32.9 Å². The second kappa shape index (κ2) is 13.6. The van der Waals surface area contributed by atoms with Crippen molar-refractivity contribution in [1.29, 1.82) is 0 Å². The van der Waals surface area contributed by atoms with Crippen molar-refractivity contribution in [1.82, 2.24) is 0 Å². The lowest BCUT2D eigenvalue weighted by atomic mass is 9.46. The second-order valence-electron chi connectivity index (χ2n) is 14.9. The van der Waals surface area contributed by atoms with Gasteiger partial charge in [-0.15, -0.1) is 0 Å². The van der Waals surface area contributed by atoms with Gasteiger partial charge in [-0.3, -0.25) is 0 Å². The van der Waals surface area contributed by atoms with Crippen LogP contribution in [0, 0.1) is 22.7 Å². The zero-order valence-corrected chi connectivity index (χ0v) is 27.9. The van der Waals surface area contributed by atoms with E-state index in [0.29, 0.717) is 30.6 Å². The van der Waals surface area contributed by atoms with Gasteiger partial charge in [0.15, 0.2) is 12.6 Å². The van der Waals surface area contributed by atoms with Gasteiger partial charge in [-0.25, -0.2) is 4.79 Å². The second-order valence-corrected chi connectivity index (χ2v) is 14.9. The molecule has 7 N–H and O–H groups in total. The van der Waals surface area contributed by atoms with Crippen LogP contribution in [0.25, 0.3) is 11.0 Å². The standard InChI is InChI=1S/C35H48O14/c1-17-11-22(47-31-27(41)26(40)28(23(13-36)48-31)49-32-30(42)35(43,15-37)16-45-32)29-33(2,3)24(38)9-10-34(29,4)20(17)14-44-19-7-5-18-6-8-25(39)46-21(18)12-19/h5-8,12,20,22-24,26-32,36-38,40-43H,1,9-11,13-16H2,2-4H3/t20-,22-,23-,24-,26-,27-,28-,29+,30+,31-,32+,34+,35-/m1/s1. The van der Waals surface area contributed by atoms with Crippen LogP contribution in [-0.4, -0.2) is 123 Å². The number of hydrogen-bond donors (Lipinski definition) is 7. The van der Waals surface area contributed by atoms with Crippen LogP contribution in [0.3, 0.4) is 0 Å². The fourth-order valence-corrected chi connectivity index (χ4v) is 8.63. The van der Waals surface area contributed by atoms with E-state index >= 15 is 0 Å². The Hall–Kier alpha value is -2.47. The van der Waals surface area contributed by atoms with Gasteiger partial charge < -0.3 is 63.8 Å². The zero-order valence-electron chi connectivity index (χ0n) is 27.9. The Kier molecular flexibility index (Phi) is 10.1. The first-order valence-corrected chi connectivity index (χ1v) is 16.7. The molecular weight excluding hydrogens is 644 g/mol. The predicted molar refractivity (Wildman–Crippen MR) is 171 cm³/mol. The van der Waals surface area contributed by atoms with Crippen LogP contribution in [0.1, 0.15) is 40.0 Å². The first kappa shape index (κ1) is 36.3. The van der Waals surface area contributed by atoms with Crippen molar-refractivity contribution in [2.24, 2.45) is 22.7 Å². The van der Waals surface area contributed by atoms with E-state index in [9.17, 15) is 40.5 Å². The number of hydrogen-bond acceptors (Lipinski definition) is 14. The highest BCUT2D eigenvalue weighted by Gasteiger charge is 2.61. The molecule has 1 aromatic heterocycles. The van der Waals surface area contributed by atoms with Crippen molar-refractivity contribution in [3.05, 3.63) is 52.9 Å². The third-order valence-electron chi connectivity index (χ3n) is 11.5. The molecule has 14 nitrogen and oxygen atoms in total. The van der Waals surface area contributed by atoms with Crippen molar-refractivity contribution < 1.29 is 63.8 Å². The van der Waals surface area contributed by atoms with Crippen LogP contribution in [0.2, 0.25) is 0 Å². The predicted octanol–water partition coefficient (Wildman–Crippen LogP) is 0.201. The van der Waals surface area contributed by atoms with Gasteiger partial charge in [-0.2, -0.15) is 0 Å². The summed E-state index contributed by atoms with van der Waals surface area (Å²) < 4.78 is 35.1. The minimum absolute atomic E-state index is 0.163. The van der Waals surface area contributed by atoms with E-state index in [1.807, 2.05) is 26.0 Å². The molecule has 6 rings (SSSR count). The summed E-state index contributed by atoms with van der Waals surface area (Å²) in [6, 6.07) is 8.34. The fourth-order valence-electron chi connectivity index (χ4n) is 8.63.